The summed E-state index contributed by atoms with van der Waals surface area (Å²) in [5.41, 5.74) is 4.06. The van der Waals surface area contributed by atoms with Crippen LogP contribution in [0.5, 0.6) is 0 Å². The van der Waals surface area contributed by atoms with Crippen LogP contribution in [0.15, 0.2) is 36.4 Å². The van der Waals surface area contributed by atoms with Gasteiger partial charge in [0.05, 0.1) is 11.2 Å². The van der Waals surface area contributed by atoms with Gasteiger partial charge < -0.3 is 4.90 Å². The molecule has 1 unspecified atom stereocenters. The van der Waals surface area contributed by atoms with E-state index in [0.717, 1.165) is 22.4 Å². The Balaban J connectivity index is 1.98. The molecule has 1 heterocycles. The maximum absolute atomic E-state index is 11.8. The van der Waals surface area contributed by atoms with E-state index in [0.29, 0.717) is 16.5 Å². The van der Waals surface area contributed by atoms with Gasteiger partial charge in [-0.15, -0.1) is 0 Å². The first-order valence-corrected chi connectivity index (χ1v) is 8.13. The largest absolute Gasteiger partial charge is 0.315 e. The standard InChI is InChI=1S/C16H12BrCl2NO/c1-20-14-5-2-9(6-10(14)7-15(20)21)16(17)12-4-3-11(18)8-13(12)19/h2-6,8,16H,7H2,1H3. The topological polar surface area (TPSA) is 20.3 Å². The summed E-state index contributed by atoms with van der Waals surface area (Å²) < 4.78 is 0. The SMILES string of the molecule is CN1C(=O)Cc2cc(C(Br)c3ccc(Cl)cc3Cl)ccc21. The summed E-state index contributed by atoms with van der Waals surface area (Å²) in [6, 6.07) is 11.5. The third-order valence-electron chi connectivity index (χ3n) is 3.71. The molecule has 0 fully saturated rings. The van der Waals surface area contributed by atoms with Gasteiger partial charge in [0.25, 0.3) is 0 Å². The lowest BCUT2D eigenvalue weighted by molar-refractivity contribution is -0.117. The van der Waals surface area contributed by atoms with E-state index < -0.39 is 0 Å². The molecule has 2 aromatic carbocycles. The van der Waals surface area contributed by atoms with Gasteiger partial charge in [0.2, 0.25) is 5.91 Å². The summed E-state index contributed by atoms with van der Waals surface area (Å²) in [6.07, 6.45) is 0.452. The van der Waals surface area contributed by atoms with E-state index in [1.165, 1.54) is 0 Å². The maximum Gasteiger partial charge on any atom is 0.231 e. The van der Waals surface area contributed by atoms with Crippen LogP contribution in [0, 0.1) is 0 Å². The molecule has 0 N–H and O–H groups in total. The first kappa shape index (κ1) is 14.9. The molecule has 0 aliphatic carbocycles. The van der Waals surface area contributed by atoms with Crippen molar-refractivity contribution in [2.75, 3.05) is 11.9 Å². The molecule has 1 aliphatic heterocycles. The van der Waals surface area contributed by atoms with E-state index in [4.69, 9.17) is 23.2 Å². The summed E-state index contributed by atoms with van der Waals surface area (Å²) >= 11 is 15.9. The average Bonchev–Trinajstić information content (AvgIpc) is 2.73. The third kappa shape index (κ3) is 2.70. The zero-order valence-corrected chi connectivity index (χ0v) is 14.3. The molecule has 0 bridgehead atoms. The highest BCUT2D eigenvalue weighted by molar-refractivity contribution is 9.09. The van der Waals surface area contributed by atoms with Crippen LogP contribution >= 0.6 is 39.1 Å². The van der Waals surface area contributed by atoms with Crippen molar-refractivity contribution in [1.82, 2.24) is 0 Å². The molecule has 1 atom stereocenters. The highest BCUT2D eigenvalue weighted by atomic mass is 79.9. The minimum absolute atomic E-state index is 0.0337. The quantitative estimate of drug-likeness (QED) is 0.667. The molecule has 2 aromatic rings. The number of amides is 1. The van der Waals surface area contributed by atoms with Gasteiger partial charge in [-0.05, 0) is 34.9 Å². The van der Waals surface area contributed by atoms with Crippen LogP contribution in [0.4, 0.5) is 5.69 Å². The van der Waals surface area contributed by atoms with Crippen LogP contribution < -0.4 is 4.90 Å². The molecule has 5 heteroatoms. The summed E-state index contributed by atoms with van der Waals surface area (Å²) in [5.74, 6) is 0.123. The van der Waals surface area contributed by atoms with Crippen molar-refractivity contribution in [2.24, 2.45) is 0 Å². The zero-order valence-electron chi connectivity index (χ0n) is 11.2. The van der Waals surface area contributed by atoms with Crippen molar-refractivity contribution in [3.63, 3.8) is 0 Å². The Morgan fingerprint density at radius 1 is 1.19 bits per heavy atom. The Morgan fingerprint density at radius 2 is 1.95 bits per heavy atom. The number of alkyl halides is 1. The van der Waals surface area contributed by atoms with Crippen molar-refractivity contribution >= 4 is 50.7 Å². The van der Waals surface area contributed by atoms with Crippen LogP contribution in [-0.4, -0.2) is 13.0 Å². The maximum atomic E-state index is 11.8. The minimum atomic E-state index is -0.0337. The second kappa shape index (κ2) is 5.64. The molecule has 1 aliphatic rings. The lowest BCUT2D eigenvalue weighted by atomic mass is 10.0. The Morgan fingerprint density at radius 3 is 2.67 bits per heavy atom. The number of nitrogens with zero attached hydrogens (tertiary/aromatic N) is 1. The van der Waals surface area contributed by atoms with Crippen LogP contribution in [0.25, 0.3) is 0 Å². The summed E-state index contributed by atoms with van der Waals surface area (Å²) in [4.78, 5) is 13.4. The number of fused-ring (bicyclic) bond motifs is 1. The summed E-state index contributed by atoms with van der Waals surface area (Å²) in [7, 11) is 1.80. The number of carbonyl (C=O) groups excluding carboxylic acids is 1. The highest BCUT2D eigenvalue weighted by Gasteiger charge is 2.25. The van der Waals surface area contributed by atoms with Gasteiger partial charge in [-0.25, -0.2) is 0 Å². The van der Waals surface area contributed by atoms with Gasteiger partial charge in [0, 0.05) is 22.8 Å². The molecular formula is C16H12BrCl2NO. The van der Waals surface area contributed by atoms with Gasteiger partial charge in [-0.1, -0.05) is 57.3 Å². The van der Waals surface area contributed by atoms with Crippen LogP contribution in [0.3, 0.4) is 0 Å². The predicted molar refractivity (Wildman–Crippen MR) is 90.8 cm³/mol. The summed E-state index contributed by atoms with van der Waals surface area (Å²) in [5, 5.41) is 1.24. The van der Waals surface area contributed by atoms with E-state index in [2.05, 4.69) is 22.0 Å². The van der Waals surface area contributed by atoms with E-state index in [1.54, 1.807) is 18.0 Å². The van der Waals surface area contributed by atoms with Gasteiger partial charge in [-0.3, -0.25) is 4.79 Å². The fourth-order valence-electron chi connectivity index (χ4n) is 2.53. The number of benzene rings is 2. The normalized spacial score (nSPS) is 15.2. The number of anilines is 1. The van der Waals surface area contributed by atoms with E-state index >= 15 is 0 Å². The van der Waals surface area contributed by atoms with Crippen molar-refractivity contribution in [2.45, 2.75) is 11.2 Å². The zero-order chi connectivity index (χ0) is 15.1. The lowest BCUT2D eigenvalue weighted by Gasteiger charge is -2.15. The second-order valence-electron chi connectivity index (χ2n) is 5.05. The van der Waals surface area contributed by atoms with Gasteiger partial charge in [-0.2, -0.15) is 0 Å². The fourth-order valence-corrected chi connectivity index (χ4v) is 3.87. The number of halogens is 3. The molecule has 1 amide bonds. The Hall–Kier alpha value is -1.03. The van der Waals surface area contributed by atoms with Gasteiger partial charge in [0.1, 0.15) is 0 Å². The van der Waals surface area contributed by atoms with Crippen molar-refractivity contribution in [1.29, 1.82) is 0 Å². The first-order chi connectivity index (χ1) is 9.97. The van der Waals surface area contributed by atoms with E-state index in [9.17, 15) is 4.79 Å². The fraction of sp³-hybridized carbons (Fsp3) is 0.188. The molecule has 0 saturated heterocycles. The predicted octanol–water partition coefficient (Wildman–Crippen LogP) is 5.00. The number of carbonyl (C=O) groups is 1. The number of likely N-dealkylation sites (N-methyl/N-ethyl adjacent to an activating group) is 1. The minimum Gasteiger partial charge on any atom is -0.315 e. The Kier molecular flexibility index (Phi) is 4.00. The molecule has 0 aromatic heterocycles. The Bertz CT molecular complexity index is 732. The molecule has 0 saturated carbocycles. The third-order valence-corrected chi connectivity index (χ3v) is 5.29. The van der Waals surface area contributed by atoms with Crippen molar-refractivity contribution in [3.8, 4) is 0 Å². The molecule has 3 rings (SSSR count). The number of hydrogen-bond donors (Lipinski definition) is 0. The summed E-state index contributed by atoms with van der Waals surface area (Å²) in [6.45, 7) is 0. The van der Waals surface area contributed by atoms with Gasteiger partial charge in [0.15, 0.2) is 0 Å². The molecular weight excluding hydrogens is 373 g/mol. The molecule has 0 spiro atoms. The monoisotopic (exact) mass is 383 g/mol. The molecule has 0 radical (unpaired) electrons. The van der Waals surface area contributed by atoms with Crippen molar-refractivity contribution < 1.29 is 4.79 Å². The molecule has 21 heavy (non-hydrogen) atoms. The van der Waals surface area contributed by atoms with Crippen LogP contribution in [-0.2, 0) is 11.2 Å². The van der Waals surface area contributed by atoms with E-state index in [-0.39, 0.29) is 10.7 Å². The van der Waals surface area contributed by atoms with Gasteiger partial charge >= 0.3 is 0 Å². The average molecular weight is 385 g/mol. The van der Waals surface area contributed by atoms with Crippen LogP contribution in [0.2, 0.25) is 10.0 Å². The number of hydrogen-bond acceptors (Lipinski definition) is 1. The first-order valence-electron chi connectivity index (χ1n) is 6.46. The van der Waals surface area contributed by atoms with Crippen LogP contribution in [0.1, 0.15) is 21.5 Å². The second-order valence-corrected chi connectivity index (χ2v) is 6.81. The Labute approximate surface area is 141 Å². The molecule has 108 valence electrons. The highest BCUT2D eigenvalue weighted by Crippen LogP contribution is 2.39. The molecule has 2 nitrogen and oxygen atoms in total. The number of rotatable bonds is 2. The van der Waals surface area contributed by atoms with E-state index in [1.807, 2.05) is 24.3 Å². The smallest absolute Gasteiger partial charge is 0.231 e. The van der Waals surface area contributed by atoms with Crippen molar-refractivity contribution in [3.05, 3.63) is 63.1 Å². The lowest BCUT2D eigenvalue weighted by Crippen LogP contribution is -2.20.